The number of rotatable bonds is 1. The maximum absolute atomic E-state index is 6.30. The first-order valence-corrected chi connectivity index (χ1v) is 7.80. The fourth-order valence-electron chi connectivity index (χ4n) is 2.01. The van der Waals surface area contributed by atoms with Crippen molar-refractivity contribution in [3.8, 4) is 5.69 Å². The molecule has 6 heteroatoms. The number of fused-ring (bicyclic) bond motifs is 1. The van der Waals surface area contributed by atoms with Crippen LogP contribution in [0, 0.1) is 4.77 Å². The van der Waals surface area contributed by atoms with Crippen molar-refractivity contribution in [2.75, 3.05) is 0 Å². The van der Waals surface area contributed by atoms with E-state index in [1.54, 1.807) is 0 Å². The van der Waals surface area contributed by atoms with Crippen LogP contribution < -0.4 is 0 Å². The standard InChI is InChI=1S/C13H7Br2ClN2S/c14-7-4-5-11(8(15)6-7)18-12-9(16)2-1-3-10(12)17-13(18)19/h1-6H,(H,17,19). The predicted molar refractivity (Wildman–Crippen MR) is 88.9 cm³/mol. The SMILES string of the molecule is S=c1[nH]c2cccc(Cl)c2n1-c1ccc(Br)cc1Br. The Bertz CT molecular complexity index is 838. The third kappa shape index (κ3) is 2.29. The Balaban J connectivity index is 2.42. The number of hydrogen-bond acceptors (Lipinski definition) is 1. The molecule has 0 fully saturated rings. The number of H-pyrrole nitrogens is 1. The van der Waals surface area contributed by atoms with Gasteiger partial charge in [0.25, 0.3) is 0 Å². The van der Waals surface area contributed by atoms with Crippen LogP contribution in [0.25, 0.3) is 16.7 Å². The average molecular weight is 419 g/mol. The Kier molecular flexibility index (Phi) is 3.55. The van der Waals surface area contributed by atoms with Crippen LogP contribution in [0.15, 0.2) is 45.3 Å². The van der Waals surface area contributed by atoms with Crippen molar-refractivity contribution in [1.29, 1.82) is 0 Å². The quantitative estimate of drug-likeness (QED) is 0.491. The van der Waals surface area contributed by atoms with Gasteiger partial charge in [-0.2, -0.15) is 0 Å². The second-order valence-corrected chi connectivity index (χ2v) is 6.56. The lowest BCUT2D eigenvalue weighted by atomic mass is 10.3. The summed E-state index contributed by atoms with van der Waals surface area (Å²) >= 11 is 18.7. The van der Waals surface area contributed by atoms with Crippen LogP contribution in [0.4, 0.5) is 0 Å². The average Bonchev–Trinajstić information content (AvgIpc) is 2.67. The molecular weight excluding hydrogens is 411 g/mol. The first-order chi connectivity index (χ1) is 9.08. The Morgan fingerprint density at radius 2 is 1.95 bits per heavy atom. The van der Waals surface area contributed by atoms with Crippen molar-refractivity contribution in [3.63, 3.8) is 0 Å². The van der Waals surface area contributed by atoms with Gasteiger partial charge in [-0.3, -0.25) is 4.57 Å². The second kappa shape index (κ2) is 5.05. The van der Waals surface area contributed by atoms with Crippen molar-refractivity contribution in [3.05, 3.63) is 55.1 Å². The van der Waals surface area contributed by atoms with Crippen LogP contribution >= 0.6 is 55.7 Å². The van der Waals surface area contributed by atoms with Gasteiger partial charge >= 0.3 is 0 Å². The van der Waals surface area contributed by atoms with Gasteiger partial charge in [-0.15, -0.1) is 0 Å². The van der Waals surface area contributed by atoms with Gasteiger partial charge in [0.05, 0.1) is 21.7 Å². The summed E-state index contributed by atoms with van der Waals surface area (Å²) in [5, 5.41) is 0.666. The molecule has 0 saturated carbocycles. The molecule has 3 rings (SSSR count). The zero-order valence-electron chi connectivity index (χ0n) is 9.45. The number of halogens is 3. The Morgan fingerprint density at radius 1 is 1.16 bits per heavy atom. The predicted octanol–water partition coefficient (Wildman–Crippen LogP) is 5.87. The number of aromatic nitrogens is 2. The molecule has 3 aromatic rings. The Morgan fingerprint density at radius 3 is 2.68 bits per heavy atom. The number of imidazole rings is 1. The summed E-state index contributed by atoms with van der Waals surface area (Å²) in [6.07, 6.45) is 0. The van der Waals surface area contributed by atoms with Crippen LogP contribution in [0.1, 0.15) is 0 Å². The lowest BCUT2D eigenvalue weighted by molar-refractivity contribution is 1.06. The van der Waals surface area contributed by atoms with E-state index < -0.39 is 0 Å². The van der Waals surface area contributed by atoms with Crippen LogP contribution in [0.2, 0.25) is 5.02 Å². The van der Waals surface area contributed by atoms with Crippen molar-refractivity contribution in [2.24, 2.45) is 0 Å². The van der Waals surface area contributed by atoms with E-state index in [-0.39, 0.29) is 0 Å². The van der Waals surface area contributed by atoms with Crippen LogP contribution in [0.3, 0.4) is 0 Å². The molecule has 0 atom stereocenters. The minimum atomic E-state index is 0.617. The molecule has 0 amide bonds. The molecule has 1 aromatic heterocycles. The van der Waals surface area contributed by atoms with E-state index in [9.17, 15) is 0 Å². The van der Waals surface area contributed by atoms with E-state index in [4.69, 9.17) is 23.8 Å². The molecule has 2 aromatic carbocycles. The van der Waals surface area contributed by atoms with E-state index in [1.165, 1.54) is 0 Å². The van der Waals surface area contributed by atoms with Gasteiger partial charge in [0.1, 0.15) is 0 Å². The van der Waals surface area contributed by atoms with E-state index in [0.29, 0.717) is 9.79 Å². The first-order valence-electron chi connectivity index (χ1n) is 5.42. The second-order valence-electron chi connectivity index (χ2n) is 4.00. The molecular formula is C13H7Br2ClN2S. The summed E-state index contributed by atoms with van der Waals surface area (Å²) in [5.41, 5.74) is 2.76. The molecule has 2 nitrogen and oxygen atoms in total. The molecule has 0 aliphatic carbocycles. The molecule has 1 N–H and O–H groups in total. The van der Waals surface area contributed by atoms with Crippen molar-refractivity contribution < 1.29 is 0 Å². The number of nitrogens with zero attached hydrogens (tertiary/aromatic N) is 1. The normalized spacial score (nSPS) is 11.1. The summed E-state index contributed by atoms with van der Waals surface area (Å²) in [5.74, 6) is 0. The maximum atomic E-state index is 6.30. The highest BCUT2D eigenvalue weighted by Crippen LogP contribution is 2.31. The molecule has 0 spiro atoms. The van der Waals surface area contributed by atoms with E-state index in [2.05, 4.69) is 36.8 Å². The highest BCUT2D eigenvalue weighted by atomic mass is 79.9. The molecule has 0 bridgehead atoms. The number of benzene rings is 2. The number of hydrogen-bond donors (Lipinski definition) is 1. The van der Waals surface area contributed by atoms with Crippen LogP contribution in [-0.2, 0) is 0 Å². The van der Waals surface area contributed by atoms with Gasteiger partial charge in [0.15, 0.2) is 4.77 Å². The van der Waals surface area contributed by atoms with E-state index in [0.717, 1.165) is 25.7 Å². The number of nitrogens with one attached hydrogen (secondary N) is 1. The van der Waals surface area contributed by atoms with Gasteiger partial charge in [-0.05, 0) is 58.5 Å². The summed E-state index contributed by atoms with van der Waals surface area (Å²) in [6.45, 7) is 0. The van der Waals surface area contributed by atoms with Crippen molar-refractivity contribution in [2.45, 2.75) is 0 Å². The van der Waals surface area contributed by atoms with Crippen molar-refractivity contribution >= 4 is 66.7 Å². The molecule has 96 valence electrons. The summed E-state index contributed by atoms with van der Waals surface area (Å²) in [7, 11) is 0. The number of para-hydroxylation sites is 1. The Hall–Kier alpha value is -0.620. The van der Waals surface area contributed by atoms with Gasteiger partial charge in [0.2, 0.25) is 0 Å². The fraction of sp³-hybridized carbons (Fsp3) is 0. The van der Waals surface area contributed by atoms with Gasteiger partial charge in [-0.25, -0.2) is 0 Å². The van der Waals surface area contributed by atoms with Gasteiger partial charge < -0.3 is 4.98 Å². The molecule has 0 aliphatic heterocycles. The fourth-order valence-corrected chi connectivity index (χ4v) is 3.79. The monoisotopic (exact) mass is 416 g/mol. The summed E-state index contributed by atoms with van der Waals surface area (Å²) < 4.78 is 4.49. The zero-order valence-corrected chi connectivity index (χ0v) is 14.2. The lowest BCUT2D eigenvalue weighted by Gasteiger charge is -2.08. The van der Waals surface area contributed by atoms with E-state index in [1.807, 2.05) is 41.0 Å². The molecule has 1 heterocycles. The van der Waals surface area contributed by atoms with Crippen LogP contribution in [-0.4, -0.2) is 9.55 Å². The minimum Gasteiger partial charge on any atom is -0.330 e. The maximum Gasteiger partial charge on any atom is 0.182 e. The highest BCUT2D eigenvalue weighted by Gasteiger charge is 2.12. The van der Waals surface area contributed by atoms with E-state index >= 15 is 0 Å². The molecule has 0 saturated heterocycles. The van der Waals surface area contributed by atoms with Gasteiger partial charge in [-0.1, -0.05) is 33.6 Å². The zero-order chi connectivity index (χ0) is 13.6. The van der Waals surface area contributed by atoms with Gasteiger partial charge in [0, 0.05) is 8.95 Å². The Labute approximate surface area is 136 Å². The number of aromatic amines is 1. The molecule has 0 unspecified atom stereocenters. The van der Waals surface area contributed by atoms with Crippen LogP contribution in [0.5, 0.6) is 0 Å². The molecule has 19 heavy (non-hydrogen) atoms. The summed E-state index contributed by atoms with van der Waals surface area (Å²) in [6, 6.07) is 11.7. The first kappa shape index (κ1) is 13.4. The summed E-state index contributed by atoms with van der Waals surface area (Å²) in [4.78, 5) is 3.17. The highest BCUT2D eigenvalue weighted by molar-refractivity contribution is 9.11. The lowest BCUT2D eigenvalue weighted by Crippen LogP contribution is -1.95. The van der Waals surface area contributed by atoms with Crippen molar-refractivity contribution in [1.82, 2.24) is 9.55 Å². The minimum absolute atomic E-state index is 0.617. The molecule has 0 radical (unpaired) electrons. The third-order valence-corrected chi connectivity index (χ3v) is 4.52. The third-order valence-electron chi connectivity index (χ3n) is 2.81. The largest absolute Gasteiger partial charge is 0.330 e. The topological polar surface area (TPSA) is 20.7 Å². The smallest absolute Gasteiger partial charge is 0.182 e. The molecule has 0 aliphatic rings.